The number of rotatable bonds is 2. The number of carbonyl (C=O) groups excluding carboxylic acids is 1. The fraction of sp³-hybridized carbons (Fsp3) is 0.190. The van der Waals surface area contributed by atoms with E-state index >= 15 is 0 Å². The molecular formula is C21H15F6NO. The molecule has 152 valence electrons. The predicted molar refractivity (Wildman–Crippen MR) is 96.7 cm³/mol. The van der Waals surface area contributed by atoms with Crippen molar-refractivity contribution in [3.63, 3.8) is 0 Å². The topological polar surface area (TPSA) is 29.1 Å². The molecule has 2 aromatic carbocycles. The molecule has 2 nitrogen and oxygen atoms in total. The summed E-state index contributed by atoms with van der Waals surface area (Å²) >= 11 is 0. The molecule has 1 N–H and O–H groups in total. The second kappa shape index (κ2) is 7.87. The minimum Gasteiger partial charge on any atom is -0.308 e. The largest absolute Gasteiger partial charge is 0.416 e. The summed E-state index contributed by atoms with van der Waals surface area (Å²) in [7, 11) is 0. The van der Waals surface area contributed by atoms with Crippen molar-refractivity contribution in [1.82, 2.24) is 5.32 Å². The number of Topliss-reactive ketones (excluding diaryl/α,β-unsaturated/α-hetero) is 1. The normalized spacial score (nSPS) is 18.5. The van der Waals surface area contributed by atoms with Gasteiger partial charge in [0.05, 0.1) is 11.1 Å². The highest BCUT2D eigenvalue weighted by Crippen LogP contribution is 2.31. The highest BCUT2D eigenvalue weighted by molar-refractivity contribution is 6.14. The van der Waals surface area contributed by atoms with Crippen molar-refractivity contribution in [2.45, 2.75) is 12.4 Å². The summed E-state index contributed by atoms with van der Waals surface area (Å²) in [6.07, 6.45) is -6.30. The Balaban J connectivity index is 1.90. The molecule has 8 heteroatoms. The first-order chi connectivity index (χ1) is 13.5. The van der Waals surface area contributed by atoms with Crippen LogP contribution in [-0.2, 0) is 17.1 Å². The fourth-order valence-electron chi connectivity index (χ4n) is 2.94. The van der Waals surface area contributed by atoms with Crippen LogP contribution in [0.5, 0.6) is 0 Å². The standard InChI is InChI=1S/C21H15F6NO/c22-20(23,24)17-5-1-3-13(9-17)7-15-11-28-12-16(19(15)29)8-14-4-2-6-18(10-14)21(25,26)27/h1-10,28H,11-12H2/b15-7+,16-8?. The first-order valence-corrected chi connectivity index (χ1v) is 8.55. The van der Waals surface area contributed by atoms with Crippen LogP contribution in [0.2, 0.25) is 0 Å². The van der Waals surface area contributed by atoms with E-state index in [0.29, 0.717) is 0 Å². The van der Waals surface area contributed by atoms with E-state index in [4.69, 9.17) is 0 Å². The zero-order chi connectivity index (χ0) is 21.2. The zero-order valence-corrected chi connectivity index (χ0v) is 14.9. The molecule has 1 aliphatic heterocycles. The Bertz CT molecular complexity index is 908. The molecule has 29 heavy (non-hydrogen) atoms. The molecule has 0 aromatic heterocycles. The molecular weight excluding hydrogens is 396 g/mol. The lowest BCUT2D eigenvalue weighted by molar-refractivity contribution is -0.138. The number of benzene rings is 2. The smallest absolute Gasteiger partial charge is 0.308 e. The summed E-state index contributed by atoms with van der Waals surface area (Å²) in [5, 5.41) is 2.94. The van der Waals surface area contributed by atoms with Gasteiger partial charge in [0.15, 0.2) is 5.78 Å². The molecule has 1 heterocycles. The molecule has 0 spiro atoms. The lowest BCUT2D eigenvalue weighted by Gasteiger charge is -2.18. The van der Waals surface area contributed by atoms with Crippen molar-refractivity contribution < 1.29 is 31.1 Å². The molecule has 0 unspecified atom stereocenters. The predicted octanol–water partition coefficient (Wildman–Crippen LogP) is 5.36. The minimum absolute atomic E-state index is 0.148. The number of piperidine rings is 1. The summed E-state index contributed by atoms with van der Waals surface area (Å²) in [5.74, 6) is -0.418. The highest BCUT2D eigenvalue weighted by atomic mass is 19.4. The summed E-state index contributed by atoms with van der Waals surface area (Å²) < 4.78 is 77.1. The molecule has 0 bridgehead atoms. The van der Waals surface area contributed by atoms with Gasteiger partial charge in [-0.25, -0.2) is 0 Å². The van der Waals surface area contributed by atoms with Gasteiger partial charge in [0.2, 0.25) is 0 Å². The Kier molecular flexibility index (Phi) is 5.66. The molecule has 0 aliphatic carbocycles. The monoisotopic (exact) mass is 411 g/mol. The van der Waals surface area contributed by atoms with Crippen molar-refractivity contribution in [1.29, 1.82) is 0 Å². The van der Waals surface area contributed by atoms with Gasteiger partial charge in [-0.1, -0.05) is 24.3 Å². The molecule has 0 atom stereocenters. The zero-order valence-electron chi connectivity index (χ0n) is 14.9. The number of nitrogens with one attached hydrogen (secondary N) is 1. The van der Waals surface area contributed by atoms with Crippen LogP contribution < -0.4 is 5.32 Å². The summed E-state index contributed by atoms with van der Waals surface area (Å²) in [4.78, 5) is 12.7. The fourth-order valence-corrected chi connectivity index (χ4v) is 2.94. The van der Waals surface area contributed by atoms with E-state index in [9.17, 15) is 31.1 Å². The second-order valence-electron chi connectivity index (χ2n) is 6.52. The van der Waals surface area contributed by atoms with Crippen molar-refractivity contribution in [2.24, 2.45) is 0 Å². The van der Waals surface area contributed by atoms with E-state index in [2.05, 4.69) is 5.32 Å². The van der Waals surface area contributed by atoms with Gasteiger partial charge >= 0.3 is 12.4 Å². The van der Waals surface area contributed by atoms with Crippen LogP contribution >= 0.6 is 0 Å². The van der Waals surface area contributed by atoms with E-state index in [1.165, 1.54) is 36.4 Å². The van der Waals surface area contributed by atoms with Crippen molar-refractivity contribution >= 4 is 17.9 Å². The molecule has 3 rings (SSSR count). The van der Waals surface area contributed by atoms with E-state index in [1.54, 1.807) is 0 Å². The SMILES string of the molecule is O=C1C(=Cc2cccc(C(F)(F)F)c2)CNC/C1=C\c1cccc(C(F)(F)F)c1. The van der Waals surface area contributed by atoms with Gasteiger partial charge < -0.3 is 5.32 Å². The molecule has 2 aromatic rings. The molecule has 0 saturated carbocycles. The van der Waals surface area contributed by atoms with Crippen LogP contribution in [0.15, 0.2) is 59.7 Å². The summed E-state index contributed by atoms with van der Waals surface area (Å²) in [6.45, 7) is 0.296. The van der Waals surface area contributed by atoms with Gasteiger partial charge in [-0.2, -0.15) is 26.3 Å². The van der Waals surface area contributed by atoms with E-state index in [0.717, 1.165) is 24.3 Å². The van der Waals surface area contributed by atoms with Gasteiger partial charge in [-0.15, -0.1) is 0 Å². The maximum atomic E-state index is 12.9. The maximum absolute atomic E-state index is 12.9. The van der Waals surface area contributed by atoms with Gasteiger partial charge in [0.25, 0.3) is 0 Å². The van der Waals surface area contributed by atoms with Crippen molar-refractivity contribution in [2.75, 3.05) is 13.1 Å². The first-order valence-electron chi connectivity index (χ1n) is 8.55. The van der Waals surface area contributed by atoms with Crippen molar-refractivity contribution in [3.8, 4) is 0 Å². The highest BCUT2D eigenvalue weighted by Gasteiger charge is 2.31. The first kappa shape index (κ1) is 20.9. The third kappa shape index (κ3) is 5.14. The van der Waals surface area contributed by atoms with Crippen LogP contribution in [0.3, 0.4) is 0 Å². The van der Waals surface area contributed by atoms with E-state index < -0.39 is 29.3 Å². The molecule has 1 saturated heterocycles. The van der Waals surface area contributed by atoms with Crippen LogP contribution in [0.1, 0.15) is 22.3 Å². The Morgan fingerprint density at radius 1 is 0.724 bits per heavy atom. The summed E-state index contributed by atoms with van der Waals surface area (Å²) in [6, 6.07) is 9.12. The Labute approximate surface area is 162 Å². The number of halogens is 6. The third-order valence-electron chi connectivity index (χ3n) is 4.32. The number of hydrogen-bond acceptors (Lipinski definition) is 2. The quantitative estimate of drug-likeness (QED) is 0.532. The number of alkyl halides is 6. The van der Waals surface area contributed by atoms with Crippen LogP contribution in [0.25, 0.3) is 12.2 Å². The Morgan fingerprint density at radius 3 is 1.52 bits per heavy atom. The van der Waals surface area contributed by atoms with Gasteiger partial charge in [0.1, 0.15) is 0 Å². The molecule has 1 fully saturated rings. The number of hydrogen-bond donors (Lipinski definition) is 1. The lowest BCUT2D eigenvalue weighted by Crippen LogP contribution is -2.32. The number of carbonyl (C=O) groups is 1. The second-order valence-corrected chi connectivity index (χ2v) is 6.52. The third-order valence-corrected chi connectivity index (χ3v) is 4.32. The average Bonchev–Trinajstić information content (AvgIpc) is 2.64. The Hall–Kier alpha value is -2.87. The minimum atomic E-state index is -4.50. The van der Waals surface area contributed by atoms with Gasteiger partial charge in [-0.3, -0.25) is 4.79 Å². The van der Waals surface area contributed by atoms with Crippen molar-refractivity contribution in [3.05, 3.63) is 81.9 Å². The molecule has 0 radical (unpaired) electrons. The molecule has 1 aliphatic rings. The maximum Gasteiger partial charge on any atom is 0.416 e. The van der Waals surface area contributed by atoms with E-state index in [1.807, 2.05) is 0 Å². The molecule has 0 amide bonds. The van der Waals surface area contributed by atoms with Gasteiger partial charge in [-0.05, 0) is 47.5 Å². The van der Waals surface area contributed by atoms with Gasteiger partial charge in [0, 0.05) is 24.2 Å². The lowest BCUT2D eigenvalue weighted by atomic mass is 9.95. The average molecular weight is 411 g/mol. The summed E-state index contributed by atoms with van der Waals surface area (Å²) in [5.41, 5.74) is -0.774. The van der Waals surface area contributed by atoms with Crippen LogP contribution in [0, 0.1) is 0 Å². The number of ketones is 1. The Morgan fingerprint density at radius 2 is 1.14 bits per heavy atom. The van der Waals surface area contributed by atoms with E-state index in [-0.39, 0.29) is 35.4 Å². The van der Waals surface area contributed by atoms with Crippen LogP contribution in [-0.4, -0.2) is 18.9 Å². The van der Waals surface area contributed by atoms with Crippen LogP contribution in [0.4, 0.5) is 26.3 Å².